The van der Waals surface area contributed by atoms with Gasteiger partial charge in [0.1, 0.15) is 23.5 Å². The SMILES string of the molecule is CCNc1cc(N2CCCCC2C(N)=O)nc(C)n1. The van der Waals surface area contributed by atoms with Crippen molar-refractivity contribution in [3.63, 3.8) is 0 Å². The van der Waals surface area contributed by atoms with Crippen LogP contribution in [0.3, 0.4) is 0 Å². The van der Waals surface area contributed by atoms with E-state index in [0.717, 1.165) is 44.0 Å². The molecule has 0 aliphatic carbocycles. The Balaban J connectivity index is 2.30. The number of piperidine rings is 1. The molecule has 104 valence electrons. The van der Waals surface area contributed by atoms with Crippen molar-refractivity contribution < 1.29 is 4.79 Å². The maximum Gasteiger partial charge on any atom is 0.240 e. The van der Waals surface area contributed by atoms with Crippen LogP contribution in [0.25, 0.3) is 0 Å². The van der Waals surface area contributed by atoms with Crippen molar-refractivity contribution in [2.24, 2.45) is 5.73 Å². The molecule has 1 aliphatic heterocycles. The Morgan fingerprint density at radius 3 is 3.00 bits per heavy atom. The standard InChI is InChI=1S/C13H21N5O/c1-3-15-11-8-12(17-9(2)16-11)18-7-5-4-6-10(18)13(14)19/h8,10H,3-7H2,1-2H3,(H2,14,19)(H,15,16,17). The smallest absolute Gasteiger partial charge is 0.240 e. The number of hydrogen-bond donors (Lipinski definition) is 2. The van der Waals surface area contributed by atoms with E-state index in [0.29, 0.717) is 5.82 Å². The van der Waals surface area contributed by atoms with E-state index in [-0.39, 0.29) is 11.9 Å². The summed E-state index contributed by atoms with van der Waals surface area (Å²) in [6.07, 6.45) is 2.90. The van der Waals surface area contributed by atoms with Crippen LogP contribution in [0.2, 0.25) is 0 Å². The van der Waals surface area contributed by atoms with Gasteiger partial charge < -0.3 is 16.0 Å². The summed E-state index contributed by atoms with van der Waals surface area (Å²) in [5.41, 5.74) is 5.49. The van der Waals surface area contributed by atoms with E-state index in [4.69, 9.17) is 5.73 Å². The first-order valence-electron chi connectivity index (χ1n) is 6.77. The van der Waals surface area contributed by atoms with Gasteiger partial charge >= 0.3 is 0 Å². The minimum absolute atomic E-state index is 0.252. The van der Waals surface area contributed by atoms with Gasteiger partial charge in [0.15, 0.2) is 0 Å². The van der Waals surface area contributed by atoms with Crippen LogP contribution in [-0.2, 0) is 4.79 Å². The number of nitrogens with zero attached hydrogens (tertiary/aromatic N) is 3. The molecule has 1 saturated heterocycles. The number of primary amides is 1. The van der Waals surface area contributed by atoms with Gasteiger partial charge in [0.25, 0.3) is 0 Å². The normalized spacial score (nSPS) is 19.3. The van der Waals surface area contributed by atoms with Crippen molar-refractivity contribution in [3.05, 3.63) is 11.9 Å². The number of nitrogens with two attached hydrogens (primary N) is 1. The van der Waals surface area contributed by atoms with Gasteiger partial charge in [0.2, 0.25) is 5.91 Å². The molecule has 2 rings (SSSR count). The zero-order valence-electron chi connectivity index (χ0n) is 11.5. The zero-order valence-corrected chi connectivity index (χ0v) is 11.5. The second-order valence-electron chi connectivity index (χ2n) is 4.80. The molecule has 1 aliphatic rings. The fraction of sp³-hybridized carbons (Fsp3) is 0.615. The van der Waals surface area contributed by atoms with Crippen LogP contribution in [0.4, 0.5) is 11.6 Å². The highest BCUT2D eigenvalue weighted by Crippen LogP contribution is 2.24. The van der Waals surface area contributed by atoms with Crippen LogP contribution < -0.4 is 16.0 Å². The van der Waals surface area contributed by atoms with E-state index in [1.807, 2.05) is 24.8 Å². The molecule has 1 unspecified atom stereocenters. The quantitative estimate of drug-likeness (QED) is 0.848. The Morgan fingerprint density at radius 2 is 2.32 bits per heavy atom. The van der Waals surface area contributed by atoms with E-state index in [1.165, 1.54) is 0 Å². The number of aryl methyl sites for hydroxylation is 1. The highest BCUT2D eigenvalue weighted by Gasteiger charge is 2.28. The van der Waals surface area contributed by atoms with Crippen LogP contribution in [0.1, 0.15) is 32.0 Å². The van der Waals surface area contributed by atoms with Gasteiger partial charge in [-0.15, -0.1) is 0 Å². The molecule has 19 heavy (non-hydrogen) atoms. The molecule has 1 aromatic rings. The third-order valence-electron chi connectivity index (χ3n) is 3.31. The molecule has 0 saturated carbocycles. The van der Waals surface area contributed by atoms with E-state index in [2.05, 4.69) is 15.3 Å². The maximum atomic E-state index is 11.6. The third kappa shape index (κ3) is 3.13. The first-order valence-corrected chi connectivity index (χ1v) is 6.77. The number of carbonyl (C=O) groups excluding carboxylic acids is 1. The molecule has 1 fully saturated rings. The second kappa shape index (κ2) is 5.86. The number of rotatable bonds is 4. The van der Waals surface area contributed by atoms with Crippen LogP contribution in [-0.4, -0.2) is 35.0 Å². The Labute approximate surface area is 113 Å². The molecular formula is C13H21N5O. The van der Waals surface area contributed by atoms with Gasteiger partial charge in [-0.05, 0) is 33.1 Å². The van der Waals surface area contributed by atoms with Crippen LogP contribution in [0.15, 0.2) is 6.07 Å². The summed E-state index contributed by atoms with van der Waals surface area (Å²) < 4.78 is 0. The molecule has 1 aromatic heterocycles. The summed E-state index contributed by atoms with van der Waals surface area (Å²) >= 11 is 0. The highest BCUT2D eigenvalue weighted by molar-refractivity contribution is 5.83. The highest BCUT2D eigenvalue weighted by atomic mass is 16.1. The Bertz CT molecular complexity index is 462. The first kappa shape index (κ1) is 13.6. The van der Waals surface area contributed by atoms with Crippen LogP contribution in [0.5, 0.6) is 0 Å². The molecule has 0 spiro atoms. The summed E-state index contributed by atoms with van der Waals surface area (Å²) in [6.45, 7) is 5.49. The van der Waals surface area contributed by atoms with Crippen molar-refractivity contribution in [2.75, 3.05) is 23.3 Å². The number of anilines is 2. The lowest BCUT2D eigenvalue weighted by molar-refractivity contribution is -0.119. The monoisotopic (exact) mass is 263 g/mol. The first-order chi connectivity index (χ1) is 9.11. The summed E-state index contributed by atoms with van der Waals surface area (Å²) in [5.74, 6) is 1.99. The van der Waals surface area contributed by atoms with Gasteiger partial charge in [-0.1, -0.05) is 0 Å². The van der Waals surface area contributed by atoms with Crippen LogP contribution in [0, 0.1) is 6.92 Å². The Kier molecular flexibility index (Phi) is 4.19. The molecule has 6 heteroatoms. The van der Waals surface area contributed by atoms with E-state index >= 15 is 0 Å². The molecule has 6 nitrogen and oxygen atoms in total. The van der Waals surface area contributed by atoms with Gasteiger partial charge in [-0.25, -0.2) is 9.97 Å². The third-order valence-corrected chi connectivity index (χ3v) is 3.31. The molecule has 1 amide bonds. The lowest BCUT2D eigenvalue weighted by atomic mass is 10.0. The van der Waals surface area contributed by atoms with Crippen molar-refractivity contribution in [1.82, 2.24) is 9.97 Å². The predicted octanol–water partition coefficient (Wildman–Crippen LogP) is 1.06. The number of amides is 1. The molecule has 1 atom stereocenters. The van der Waals surface area contributed by atoms with E-state index < -0.39 is 0 Å². The minimum Gasteiger partial charge on any atom is -0.370 e. The fourth-order valence-corrected chi connectivity index (χ4v) is 2.47. The molecular weight excluding hydrogens is 242 g/mol. The summed E-state index contributed by atoms with van der Waals surface area (Å²) in [7, 11) is 0. The van der Waals surface area contributed by atoms with E-state index in [9.17, 15) is 4.79 Å². The summed E-state index contributed by atoms with van der Waals surface area (Å²) in [5, 5.41) is 3.18. The van der Waals surface area contributed by atoms with Gasteiger partial charge in [-0.3, -0.25) is 4.79 Å². The molecule has 2 heterocycles. The van der Waals surface area contributed by atoms with Crippen LogP contribution >= 0.6 is 0 Å². The van der Waals surface area contributed by atoms with Crippen molar-refractivity contribution in [2.45, 2.75) is 39.2 Å². The summed E-state index contributed by atoms with van der Waals surface area (Å²) in [6, 6.07) is 1.63. The van der Waals surface area contributed by atoms with Crippen molar-refractivity contribution >= 4 is 17.5 Å². The number of hydrogen-bond acceptors (Lipinski definition) is 5. The van der Waals surface area contributed by atoms with Gasteiger partial charge in [0, 0.05) is 19.2 Å². The van der Waals surface area contributed by atoms with Crippen molar-refractivity contribution in [1.29, 1.82) is 0 Å². The largest absolute Gasteiger partial charge is 0.370 e. The number of carbonyl (C=O) groups is 1. The Morgan fingerprint density at radius 1 is 1.53 bits per heavy atom. The maximum absolute atomic E-state index is 11.6. The van der Waals surface area contributed by atoms with Gasteiger partial charge in [-0.2, -0.15) is 0 Å². The lowest BCUT2D eigenvalue weighted by Crippen LogP contribution is -2.48. The minimum atomic E-state index is -0.277. The van der Waals surface area contributed by atoms with Crippen molar-refractivity contribution in [3.8, 4) is 0 Å². The average molecular weight is 263 g/mol. The average Bonchev–Trinajstić information content (AvgIpc) is 2.38. The molecule has 3 N–H and O–H groups in total. The molecule has 0 bridgehead atoms. The number of nitrogens with one attached hydrogen (secondary N) is 1. The predicted molar refractivity (Wildman–Crippen MR) is 75.1 cm³/mol. The van der Waals surface area contributed by atoms with Gasteiger partial charge in [0.05, 0.1) is 0 Å². The fourth-order valence-electron chi connectivity index (χ4n) is 2.47. The molecule has 0 aromatic carbocycles. The lowest BCUT2D eigenvalue weighted by Gasteiger charge is -2.34. The Hall–Kier alpha value is -1.85. The topological polar surface area (TPSA) is 84.1 Å². The molecule has 0 radical (unpaired) electrons. The number of aromatic nitrogens is 2. The van der Waals surface area contributed by atoms with E-state index in [1.54, 1.807) is 0 Å². The zero-order chi connectivity index (χ0) is 13.8. The second-order valence-corrected chi connectivity index (χ2v) is 4.80. The summed E-state index contributed by atoms with van der Waals surface area (Å²) in [4.78, 5) is 22.3.